The highest BCUT2D eigenvalue weighted by Crippen LogP contribution is 2.31. The molecule has 0 spiro atoms. The highest BCUT2D eigenvalue weighted by atomic mass is 16.2. The molecule has 3 amide bonds. The van der Waals surface area contributed by atoms with Gasteiger partial charge in [-0.2, -0.15) is 0 Å². The molecule has 3 N–H and O–H groups in total. The van der Waals surface area contributed by atoms with Crippen LogP contribution in [0.15, 0.2) is 36.4 Å². The van der Waals surface area contributed by atoms with E-state index in [1.54, 1.807) is 4.90 Å². The molecule has 0 saturated carbocycles. The van der Waals surface area contributed by atoms with Crippen LogP contribution in [-0.2, 0) is 29.1 Å². The summed E-state index contributed by atoms with van der Waals surface area (Å²) in [5.74, 6) is -0.794. The van der Waals surface area contributed by atoms with Crippen LogP contribution < -0.4 is 16.0 Å². The molecular weight excluding hydrogens is 380 g/mol. The van der Waals surface area contributed by atoms with Crippen molar-refractivity contribution in [1.29, 1.82) is 0 Å². The van der Waals surface area contributed by atoms with E-state index in [0.29, 0.717) is 25.1 Å². The minimum atomic E-state index is -0.588. The molecule has 154 valence electrons. The Labute approximate surface area is 174 Å². The van der Waals surface area contributed by atoms with Crippen LogP contribution in [0.4, 0.5) is 11.4 Å². The van der Waals surface area contributed by atoms with E-state index in [2.05, 4.69) is 34.1 Å². The molecule has 0 bridgehead atoms. The third-order valence-electron chi connectivity index (χ3n) is 6.21. The SMILES string of the molecule is O=C1CCC(N2Cc3c(CNc4ccc5c(c4)NCCC5)cccc3C2=O)C(=O)N1. The van der Waals surface area contributed by atoms with E-state index >= 15 is 0 Å². The number of nitrogens with zero attached hydrogens (tertiary/aromatic N) is 1. The van der Waals surface area contributed by atoms with E-state index in [1.807, 2.05) is 18.2 Å². The van der Waals surface area contributed by atoms with Crippen molar-refractivity contribution in [2.75, 3.05) is 17.2 Å². The average molecular weight is 404 g/mol. The van der Waals surface area contributed by atoms with Gasteiger partial charge in [0, 0.05) is 43.0 Å². The molecule has 5 rings (SSSR count). The first-order valence-corrected chi connectivity index (χ1v) is 10.5. The standard InChI is InChI=1S/C23H24N4O3/c28-21-9-8-20(22(29)26-21)27-13-18-15(3-1-5-17(18)23(27)30)12-25-16-7-6-14-4-2-10-24-19(14)11-16/h1,3,5-7,11,20,24-25H,2,4,8-10,12-13H2,(H,26,28,29). The van der Waals surface area contributed by atoms with Gasteiger partial charge in [-0.15, -0.1) is 0 Å². The Morgan fingerprint density at radius 2 is 2.00 bits per heavy atom. The number of hydrogen-bond donors (Lipinski definition) is 3. The molecule has 30 heavy (non-hydrogen) atoms. The van der Waals surface area contributed by atoms with E-state index in [-0.39, 0.29) is 24.1 Å². The third kappa shape index (κ3) is 3.30. The summed E-state index contributed by atoms with van der Waals surface area (Å²) in [7, 11) is 0. The summed E-state index contributed by atoms with van der Waals surface area (Å²) < 4.78 is 0. The second-order valence-corrected chi connectivity index (χ2v) is 8.10. The van der Waals surface area contributed by atoms with Crippen molar-refractivity contribution in [3.8, 4) is 0 Å². The summed E-state index contributed by atoms with van der Waals surface area (Å²) in [5.41, 5.74) is 6.21. The number of imide groups is 1. The molecule has 0 aromatic heterocycles. The number of benzene rings is 2. The zero-order valence-electron chi connectivity index (χ0n) is 16.7. The van der Waals surface area contributed by atoms with Crippen molar-refractivity contribution in [2.24, 2.45) is 0 Å². The minimum Gasteiger partial charge on any atom is -0.385 e. The van der Waals surface area contributed by atoms with Gasteiger partial charge in [0.25, 0.3) is 5.91 Å². The van der Waals surface area contributed by atoms with Gasteiger partial charge in [0.15, 0.2) is 0 Å². The molecule has 1 unspecified atom stereocenters. The Hall–Kier alpha value is -3.35. The summed E-state index contributed by atoms with van der Waals surface area (Å²) in [6.45, 7) is 1.99. The zero-order chi connectivity index (χ0) is 20.7. The summed E-state index contributed by atoms with van der Waals surface area (Å²) in [4.78, 5) is 38.2. The van der Waals surface area contributed by atoms with Gasteiger partial charge in [0.05, 0.1) is 0 Å². The largest absolute Gasteiger partial charge is 0.385 e. The summed E-state index contributed by atoms with van der Waals surface area (Å²) in [6.07, 6.45) is 2.90. The molecule has 3 aliphatic heterocycles. The number of fused-ring (bicyclic) bond motifs is 2. The summed E-state index contributed by atoms with van der Waals surface area (Å²) in [6, 6.07) is 11.5. The molecule has 3 heterocycles. The number of carbonyl (C=O) groups excluding carboxylic acids is 3. The van der Waals surface area contributed by atoms with Crippen LogP contribution in [0.25, 0.3) is 0 Å². The maximum atomic E-state index is 12.9. The van der Waals surface area contributed by atoms with E-state index < -0.39 is 6.04 Å². The van der Waals surface area contributed by atoms with E-state index in [0.717, 1.165) is 36.2 Å². The predicted octanol–water partition coefficient (Wildman–Crippen LogP) is 2.42. The highest BCUT2D eigenvalue weighted by molar-refractivity contribution is 6.05. The first kappa shape index (κ1) is 18.7. The van der Waals surface area contributed by atoms with Crippen molar-refractivity contribution >= 4 is 29.1 Å². The quantitative estimate of drug-likeness (QED) is 0.681. The van der Waals surface area contributed by atoms with E-state index in [1.165, 1.54) is 11.3 Å². The first-order valence-electron chi connectivity index (χ1n) is 10.5. The van der Waals surface area contributed by atoms with Crippen molar-refractivity contribution in [1.82, 2.24) is 10.2 Å². The fourth-order valence-electron chi connectivity index (χ4n) is 4.58. The number of nitrogens with one attached hydrogen (secondary N) is 3. The first-order chi connectivity index (χ1) is 14.6. The van der Waals surface area contributed by atoms with Crippen LogP contribution in [0.1, 0.15) is 46.3 Å². The van der Waals surface area contributed by atoms with Crippen molar-refractivity contribution in [2.45, 2.75) is 44.8 Å². The molecule has 1 fully saturated rings. The molecule has 1 atom stereocenters. The molecule has 0 radical (unpaired) electrons. The lowest BCUT2D eigenvalue weighted by molar-refractivity contribution is -0.136. The lowest BCUT2D eigenvalue weighted by Gasteiger charge is -2.29. The highest BCUT2D eigenvalue weighted by Gasteiger charge is 2.39. The number of amides is 3. The maximum Gasteiger partial charge on any atom is 0.255 e. The Kier molecular flexibility index (Phi) is 4.65. The fourth-order valence-corrected chi connectivity index (χ4v) is 4.58. The lowest BCUT2D eigenvalue weighted by atomic mass is 10.0. The normalized spacial score (nSPS) is 20.3. The van der Waals surface area contributed by atoms with Gasteiger partial charge in [-0.1, -0.05) is 18.2 Å². The second kappa shape index (κ2) is 7.48. The van der Waals surface area contributed by atoms with Crippen molar-refractivity contribution in [3.05, 3.63) is 58.7 Å². The van der Waals surface area contributed by atoms with Crippen molar-refractivity contribution in [3.63, 3.8) is 0 Å². The Morgan fingerprint density at radius 3 is 2.87 bits per heavy atom. The van der Waals surface area contributed by atoms with Gasteiger partial charge in [0.2, 0.25) is 11.8 Å². The zero-order valence-corrected chi connectivity index (χ0v) is 16.7. The number of carbonyl (C=O) groups is 3. The number of hydrogen-bond acceptors (Lipinski definition) is 5. The number of rotatable bonds is 4. The number of aryl methyl sites for hydroxylation is 1. The van der Waals surface area contributed by atoms with Gasteiger partial charge < -0.3 is 15.5 Å². The topological polar surface area (TPSA) is 90.5 Å². The van der Waals surface area contributed by atoms with Crippen LogP contribution in [-0.4, -0.2) is 35.2 Å². The molecule has 1 saturated heterocycles. The van der Waals surface area contributed by atoms with Crippen LogP contribution in [0.3, 0.4) is 0 Å². The summed E-state index contributed by atoms with van der Waals surface area (Å²) in [5, 5.41) is 9.27. The maximum absolute atomic E-state index is 12.9. The number of piperidine rings is 1. The van der Waals surface area contributed by atoms with Gasteiger partial charge in [-0.25, -0.2) is 0 Å². The fraction of sp³-hybridized carbons (Fsp3) is 0.348. The van der Waals surface area contributed by atoms with Gasteiger partial charge in [-0.05, 0) is 54.2 Å². The summed E-state index contributed by atoms with van der Waals surface area (Å²) >= 11 is 0. The monoisotopic (exact) mass is 404 g/mol. The molecule has 2 aromatic carbocycles. The lowest BCUT2D eigenvalue weighted by Crippen LogP contribution is -2.52. The van der Waals surface area contributed by atoms with Crippen LogP contribution in [0.5, 0.6) is 0 Å². The number of anilines is 2. The predicted molar refractivity (Wildman–Crippen MR) is 113 cm³/mol. The Morgan fingerprint density at radius 1 is 1.10 bits per heavy atom. The van der Waals surface area contributed by atoms with Gasteiger partial charge in [-0.3, -0.25) is 19.7 Å². The van der Waals surface area contributed by atoms with Crippen LogP contribution in [0.2, 0.25) is 0 Å². The minimum absolute atomic E-state index is 0.140. The van der Waals surface area contributed by atoms with Gasteiger partial charge >= 0.3 is 0 Å². The van der Waals surface area contributed by atoms with Crippen LogP contribution in [0, 0.1) is 0 Å². The Balaban J connectivity index is 1.33. The molecule has 7 heteroatoms. The molecular formula is C23H24N4O3. The third-order valence-corrected chi connectivity index (χ3v) is 6.21. The second-order valence-electron chi connectivity index (χ2n) is 8.10. The van der Waals surface area contributed by atoms with Crippen LogP contribution >= 0.6 is 0 Å². The molecule has 2 aromatic rings. The smallest absolute Gasteiger partial charge is 0.255 e. The molecule has 0 aliphatic carbocycles. The average Bonchev–Trinajstić information content (AvgIpc) is 3.09. The van der Waals surface area contributed by atoms with E-state index in [9.17, 15) is 14.4 Å². The van der Waals surface area contributed by atoms with Crippen molar-refractivity contribution < 1.29 is 14.4 Å². The van der Waals surface area contributed by atoms with Gasteiger partial charge in [0.1, 0.15) is 6.04 Å². The molecule has 7 nitrogen and oxygen atoms in total. The Bertz CT molecular complexity index is 1050. The molecule has 3 aliphatic rings. The van der Waals surface area contributed by atoms with E-state index in [4.69, 9.17) is 0 Å².